The number of rotatable bonds is 2. The third-order valence-corrected chi connectivity index (χ3v) is 3.19. The highest BCUT2D eigenvalue weighted by atomic mass is 16.2. The van der Waals surface area contributed by atoms with E-state index in [1.165, 1.54) is 0 Å². The lowest BCUT2D eigenvalue weighted by Crippen LogP contribution is -2.54. The smallest absolute Gasteiger partial charge is 0.242 e. The number of aromatic amines is 1. The maximum Gasteiger partial charge on any atom is 0.242 e. The first-order valence-electron chi connectivity index (χ1n) is 5.93. The number of amides is 1. The summed E-state index contributed by atoms with van der Waals surface area (Å²) in [6.45, 7) is 3.09. The van der Waals surface area contributed by atoms with Crippen LogP contribution < -0.4 is 21.5 Å². The summed E-state index contributed by atoms with van der Waals surface area (Å²) in [6, 6.07) is -0.299. The third kappa shape index (κ3) is 1.83. The molecule has 1 atom stereocenters. The molecule has 0 saturated carbocycles. The first-order chi connectivity index (χ1) is 9.20. The standard InChI is InChI=1S/C10H14N8O/c1-5-9(19)12-2-3-18(5)8-6-4-13-17-7(6)14-10(15-8)16-11/h4-5H,2-3,11H2,1H3,(H,12,19)(H2,13,14,15,16,17). The summed E-state index contributed by atoms with van der Waals surface area (Å²) in [6.07, 6.45) is 1.64. The molecule has 2 aromatic rings. The van der Waals surface area contributed by atoms with Gasteiger partial charge in [0.1, 0.15) is 11.9 Å². The molecule has 0 spiro atoms. The molecular formula is C10H14N8O. The molecule has 100 valence electrons. The number of anilines is 2. The number of nitrogen functional groups attached to an aromatic ring is 1. The van der Waals surface area contributed by atoms with E-state index in [0.717, 1.165) is 5.39 Å². The van der Waals surface area contributed by atoms with Crippen LogP contribution in [0, 0.1) is 0 Å². The van der Waals surface area contributed by atoms with Gasteiger partial charge in [0.2, 0.25) is 11.9 Å². The van der Waals surface area contributed by atoms with Crippen LogP contribution in [0.1, 0.15) is 6.92 Å². The Bertz CT molecular complexity index is 623. The zero-order valence-corrected chi connectivity index (χ0v) is 10.3. The quantitative estimate of drug-likeness (QED) is 0.402. The third-order valence-electron chi connectivity index (χ3n) is 3.19. The number of H-pyrrole nitrogens is 1. The second-order valence-corrected chi connectivity index (χ2v) is 4.31. The highest BCUT2D eigenvalue weighted by Gasteiger charge is 2.28. The number of hydrazine groups is 1. The van der Waals surface area contributed by atoms with Crippen LogP contribution in [-0.4, -0.2) is 45.2 Å². The summed E-state index contributed by atoms with van der Waals surface area (Å²) in [7, 11) is 0. The Morgan fingerprint density at radius 3 is 3.16 bits per heavy atom. The Morgan fingerprint density at radius 1 is 1.53 bits per heavy atom. The molecule has 1 aliphatic heterocycles. The molecule has 19 heavy (non-hydrogen) atoms. The van der Waals surface area contributed by atoms with Crippen molar-refractivity contribution in [2.24, 2.45) is 5.84 Å². The van der Waals surface area contributed by atoms with Crippen molar-refractivity contribution in [2.45, 2.75) is 13.0 Å². The average Bonchev–Trinajstić information content (AvgIpc) is 2.89. The second kappa shape index (κ2) is 4.35. The predicted octanol–water partition coefficient (Wildman–Crippen LogP) is -1.04. The molecule has 1 amide bonds. The topological polar surface area (TPSA) is 125 Å². The molecule has 2 aromatic heterocycles. The van der Waals surface area contributed by atoms with E-state index in [0.29, 0.717) is 24.6 Å². The fourth-order valence-electron chi connectivity index (χ4n) is 2.17. The summed E-state index contributed by atoms with van der Waals surface area (Å²) < 4.78 is 0. The number of nitrogens with two attached hydrogens (primary N) is 1. The van der Waals surface area contributed by atoms with Gasteiger partial charge in [-0.25, -0.2) is 5.84 Å². The maximum absolute atomic E-state index is 11.7. The van der Waals surface area contributed by atoms with Crippen LogP contribution in [0.15, 0.2) is 6.20 Å². The van der Waals surface area contributed by atoms with E-state index in [-0.39, 0.29) is 17.9 Å². The van der Waals surface area contributed by atoms with Crippen LogP contribution in [0.3, 0.4) is 0 Å². The molecule has 0 bridgehead atoms. The summed E-state index contributed by atoms with van der Waals surface area (Å²) in [5.41, 5.74) is 3.00. The van der Waals surface area contributed by atoms with Crippen molar-refractivity contribution in [1.29, 1.82) is 0 Å². The molecule has 0 radical (unpaired) electrons. The molecule has 0 aromatic carbocycles. The normalized spacial score (nSPS) is 19.6. The largest absolute Gasteiger partial charge is 0.353 e. The molecule has 5 N–H and O–H groups in total. The first-order valence-corrected chi connectivity index (χ1v) is 5.93. The fourth-order valence-corrected chi connectivity index (χ4v) is 2.17. The number of fused-ring (bicyclic) bond motifs is 1. The van der Waals surface area contributed by atoms with Crippen LogP contribution in [0.2, 0.25) is 0 Å². The number of nitrogens with zero attached hydrogens (tertiary/aromatic N) is 4. The van der Waals surface area contributed by atoms with Crippen molar-refractivity contribution < 1.29 is 4.79 Å². The van der Waals surface area contributed by atoms with Crippen molar-refractivity contribution in [3.8, 4) is 0 Å². The number of carbonyl (C=O) groups excluding carboxylic acids is 1. The van der Waals surface area contributed by atoms with Crippen LogP contribution in [0.25, 0.3) is 11.0 Å². The number of nitrogens with one attached hydrogen (secondary N) is 3. The van der Waals surface area contributed by atoms with Gasteiger partial charge in [0.15, 0.2) is 5.65 Å². The summed E-state index contributed by atoms with van der Waals surface area (Å²) in [4.78, 5) is 22.2. The summed E-state index contributed by atoms with van der Waals surface area (Å²) in [5.74, 6) is 6.27. The van der Waals surface area contributed by atoms with Crippen LogP contribution in [-0.2, 0) is 4.79 Å². The van der Waals surface area contributed by atoms with Gasteiger partial charge in [0.25, 0.3) is 0 Å². The van der Waals surface area contributed by atoms with Gasteiger partial charge < -0.3 is 10.2 Å². The minimum absolute atomic E-state index is 0.0243. The summed E-state index contributed by atoms with van der Waals surface area (Å²) in [5, 5.41) is 10.3. The molecular weight excluding hydrogens is 248 g/mol. The molecule has 1 saturated heterocycles. The Hall–Kier alpha value is -2.42. The highest BCUT2D eigenvalue weighted by Crippen LogP contribution is 2.25. The van der Waals surface area contributed by atoms with Gasteiger partial charge >= 0.3 is 0 Å². The molecule has 9 heteroatoms. The van der Waals surface area contributed by atoms with Gasteiger partial charge in [0.05, 0.1) is 11.6 Å². The van der Waals surface area contributed by atoms with Gasteiger partial charge in [-0.15, -0.1) is 0 Å². The minimum atomic E-state index is -0.299. The van der Waals surface area contributed by atoms with Crippen molar-refractivity contribution in [1.82, 2.24) is 25.5 Å². The van der Waals surface area contributed by atoms with Gasteiger partial charge in [-0.05, 0) is 6.92 Å². The number of hydrogen-bond acceptors (Lipinski definition) is 7. The van der Waals surface area contributed by atoms with E-state index in [1.54, 1.807) is 6.20 Å². The van der Waals surface area contributed by atoms with Crippen molar-refractivity contribution in [3.05, 3.63) is 6.20 Å². The first kappa shape index (κ1) is 11.7. The van der Waals surface area contributed by atoms with Crippen LogP contribution in [0.5, 0.6) is 0 Å². The van der Waals surface area contributed by atoms with E-state index < -0.39 is 0 Å². The molecule has 3 heterocycles. The SMILES string of the molecule is CC1C(=O)NCCN1c1nc(NN)nc2[nH]ncc12. The van der Waals surface area contributed by atoms with Gasteiger partial charge in [0, 0.05) is 13.1 Å². The zero-order valence-electron chi connectivity index (χ0n) is 10.3. The van der Waals surface area contributed by atoms with E-state index in [4.69, 9.17) is 5.84 Å². The Morgan fingerprint density at radius 2 is 2.37 bits per heavy atom. The van der Waals surface area contributed by atoms with E-state index in [1.807, 2.05) is 11.8 Å². The van der Waals surface area contributed by atoms with Crippen LogP contribution in [0.4, 0.5) is 11.8 Å². The average molecular weight is 262 g/mol. The fraction of sp³-hybridized carbons (Fsp3) is 0.400. The van der Waals surface area contributed by atoms with Gasteiger partial charge in [-0.2, -0.15) is 15.1 Å². The lowest BCUT2D eigenvalue weighted by molar-refractivity contribution is -0.122. The lowest BCUT2D eigenvalue weighted by Gasteiger charge is -2.34. The monoisotopic (exact) mass is 262 g/mol. The van der Waals surface area contributed by atoms with Crippen molar-refractivity contribution >= 4 is 28.7 Å². The zero-order chi connectivity index (χ0) is 13.4. The van der Waals surface area contributed by atoms with E-state index in [9.17, 15) is 4.79 Å². The van der Waals surface area contributed by atoms with Gasteiger partial charge in [-0.3, -0.25) is 15.3 Å². The van der Waals surface area contributed by atoms with Crippen molar-refractivity contribution in [3.63, 3.8) is 0 Å². The number of carbonyl (C=O) groups is 1. The minimum Gasteiger partial charge on any atom is -0.353 e. The number of aromatic nitrogens is 4. The predicted molar refractivity (Wildman–Crippen MR) is 69.3 cm³/mol. The van der Waals surface area contributed by atoms with E-state index >= 15 is 0 Å². The second-order valence-electron chi connectivity index (χ2n) is 4.31. The van der Waals surface area contributed by atoms with E-state index in [2.05, 4.69) is 30.9 Å². The Balaban J connectivity index is 2.12. The Labute approximate surface area is 108 Å². The molecule has 0 aliphatic carbocycles. The number of hydrogen-bond donors (Lipinski definition) is 4. The Kier molecular flexibility index (Phi) is 2.67. The molecule has 1 aliphatic rings. The van der Waals surface area contributed by atoms with Crippen molar-refractivity contribution in [2.75, 3.05) is 23.4 Å². The molecule has 1 unspecified atom stereocenters. The number of piperazine rings is 1. The van der Waals surface area contributed by atoms with Gasteiger partial charge in [-0.1, -0.05) is 0 Å². The highest BCUT2D eigenvalue weighted by molar-refractivity contribution is 5.92. The molecule has 9 nitrogen and oxygen atoms in total. The molecule has 3 rings (SSSR count). The van der Waals surface area contributed by atoms with Crippen LogP contribution >= 0.6 is 0 Å². The lowest BCUT2D eigenvalue weighted by atomic mass is 10.2. The molecule has 1 fully saturated rings. The maximum atomic E-state index is 11.7. The summed E-state index contributed by atoms with van der Waals surface area (Å²) >= 11 is 0.